The summed E-state index contributed by atoms with van der Waals surface area (Å²) in [4.78, 5) is 30.6. The maximum atomic E-state index is 13.7. The molecule has 43 heavy (non-hydrogen) atoms. The zero-order chi connectivity index (χ0) is 30.3. The van der Waals surface area contributed by atoms with Crippen molar-refractivity contribution >= 4 is 17.5 Å². The molecule has 4 aromatic rings. The minimum atomic E-state index is -1.01. The number of nitriles is 1. The van der Waals surface area contributed by atoms with Crippen LogP contribution in [0.15, 0.2) is 54.9 Å². The van der Waals surface area contributed by atoms with E-state index in [9.17, 15) is 18.8 Å². The van der Waals surface area contributed by atoms with E-state index in [2.05, 4.69) is 30.9 Å². The summed E-state index contributed by atoms with van der Waals surface area (Å²) in [6.45, 7) is 4.02. The second kappa shape index (κ2) is 13.3. The van der Waals surface area contributed by atoms with Crippen LogP contribution in [0.3, 0.4) is 0 Å². The normalized spacial score (nSPS) is 15.1. The van der Waals surface area contributed by atoms with Gasteiger partial charge in [-0.2, -0.15) is 5.26 Å². The van der Waals surface area contributed by atoms with Gasteiger partial charge in [-0.3, -0.25) is 4.79 Å². The molecule has 5 N–H and O–H groups in total. The Kier molecular flexibility index (Phi) is 9.12. The fourth-order valence-electron chi connectivity index (χ4n) is 4.90. The van der Waals surface area contributed by atoms with Crippen molar-refractivity contribution in [1.29, 1.82) is 5.26 Å². The summed E-state index contributed by atoms with van der Waals surface area (Å²) in [5.41, 5.74) is 9.68. The number of carbonyl (C=O) groups is 1. The standard InChI is InChI=1S/C31H31F2N9O/c1-18(22-7-8-24(32)25(33)12-22)40-31(43)28-30(39-16-23(13-34)41-28)38-15-19-2-5-21(6-3-19)27-17-37-29(35)26(42-27)9-4-20-10-11-36-14-20/h2-3,5-8,12,16-18,20,36H,4,9-11,14-15H2,1H3,(H2,35,37)(H,38,39)(H,40,43). The summed E-state index contributed by atoms with van der Waals surface area (Å²) in [5.74, 6) is -1.36. The molecule has 0 radical (unpaired) electrons. The van der Waals surface area contributed by atoms with Crippen LogP contribution in [0.5, 0.6) is 0 Å². The highest BCUT2D eigenvalue weighted by molar-refractivity contribution is 5.97. The van der Waals surface area contributed by atoms with Gasteiger partial charge in [0.2, 0.25) is 0 Å². The maximum absolute atomic E-state index is 13.7. The molecule has 1 aliphatic rings. The minimum Gasteiger partial charge on any atom is -0.382 e. The Bertz CT molecular complexity index is 1650. The van der Waals surface area contributed by atoms with Crippen LogP contribution in [0, 0.1) is 28.9 Å². The molecule has 1 amide bonds. The van der Waals surface area contributed by atoms with Crippen LogP contribution in [-0.4, -0.2) is 38.9 Å². The summed E-state index contributed by atoms with van der Waals surface area (Å²) in [6, 6.07) is 12.3. The molecular formula is C31H31F2N9O. The molecule has 2 aromatic heterocycles. The maximum Gasteiger partial charge on any atom is 0.274 e. The van der Waals surface area contributed by atoms with Crippen LogP contribution in [-0.2, 0) is 13.0 Å². The molecule has 220 valence electrons. The second-order valence-corrected chi connectivity index (χ2v) is 10.5. The molecule has 2 unspecified atom stereocenters. The first-order valence-electron chi connectivity index (χ1n) is 14.0. The van der Waals surface area contributed by atoms with Crippen molar-refractivity contribution in [2.24, 2.45) is 5.92 Å². The highest BCUT2D eigenvalue weighted by Crippen LogP contribution is 2.23. The molecule has 3 heterocycles. The van der Waals surface area contributed by atoms with E-state index >= 15 is 0 Å². The molecule has 5 rings (SSSR count). The average molecular weight is 584 g/mol. The van der Waals surface area contributed by atoms with Gasteiger partial charge in [0.25, 0.3) is 5.91 Å². The first-order chi connectivity index (χ1) is 20.8. The predicted octanol–water partition coefficient (Wildman–Crippen LogP) is 4.31. The molecule has 1 saturated heterocycles. The van der Waals surface area contributed by atoms with E-state index in [1.54, 1.807) is 13.1 Å². The summed E-state index contributed by atoms with van der Waals surface area (Å²) in [7, 11) is 0. The molecule has 1 fully saturated rings. The Morgan fingerprint density at radius 3 is 2.67 bits per heavy atom. The summed E-state index contributed by atoms with van der Waals surface area (Å²) in [6.07, 6.45) is 5.90. The van der Waals surface area contributed by atoms with E-state index in [-0.39, 0.29) is 17.2 Å². The number of carbonyl (C=O) groups excluding carboxylic acids is 1. The van der Waals surface area contributed by atoms with Gasteiger partial charge in [0.15, 0.2) is 28.8 Å². The largest absolute Gasteiger partial charge is 0.382 e. The van der Waals surface area contributed by atoms with Gasteiger partial charge >= 0.3 is 0 Å². The lowest BCUT2D eigenvalue weighted by atomic mass is 10.0. The van der Waals surface area contributed by atoms with Crippen LogP contribution in [0.2, 0.25) is 0 Å². The number of halogens is 2. The van der Waals surface area contributed by atoms with E-state index in [1.165, 1.54) is 18.7 Å². The third-order valence-electron chi connectivity index (χ3n) is 7.43. The number of nitrogens with one attached hydrogen (secondary N) is 3. The molecule has 10 nitrogen and oxygen atoms in total. The number of benzene rings is 2. The van der Waals surface area contributed by atoms with E-state index in [0.29, 0.717) is 23.8 Å². The van der Waals surface area contributed by atoms with Gasteiger partial charge in [0.05, 0.1) is 29.8 Å². The van der Waals surface area contributed by atoms with E-state index in [1.807, 2.05) is 30.3 Å². The number of nitrogens with two attached hydrogens (primary N) is 1. The van der Waals surface area contributed by atoms with Crippen LogP contribution in [0.25, 0.3) is 11.3 Å². The molecule has 0 spiro atoms. The number of amides is 1. The lowest BCUT2D eigenvalue weighted by Crippen LogP contribution is -2.29. The quantitative estimate of drug-likeness (QED) is 0.214. The summed E-state index contributed by atoms with van der Waals surface area (Å²) >= 11 is 0. The molecule has 0 aliphatic carbocycles. The monoisotopic (exact) mass is 583 g/mol. The van der Waals surface area contributed by atoms with Crippen LogP contribution in [0.1, 0.15) is 58.8 Å². The fourth-order valence-corrected chi connectivity index (χ4v) is 4.90. The fraction of sp³-hybridized carbons (Fsp3) is 0.290. The van der Waals surface area contributed by atoms with Crippen molar-refractivity contribution < 1.29 is 13.6 Å². The third-order valence-corrected chi connectivity index (χ3v) is 7.43. The predicted molar refractivity (Wildman–Crippen MR) is 157 cm³/mol. The molecule has 2 atom stereocenters. The molecular weight excluding hydrogens is 552 g/mol. The van der Waals surface area contributed by atoms with Crippen LogP contribution < -0.4 is 21.7 Å². The summed E-state index contributed by atoms with van der Waals surface area (Å²) < 4.78 is 27.0. The first-order valence-corrected chi connectivity index (χ1v) is 14.0. The van der Waals surface area contributed by atoms with Gasteiger partial charge in [-0.15, -0.1) is 0 Å². The van der Waals surface area contributed by atoms with Crippen molar-refractivity contribution in [3.8, 4) is 17.3 Å². The number of rotatable bonds is 10. The minimum absolute atomic E-state index is 0.0376. The number of hydrogen-bond acceptors (Lipinski definition) is 9. The van der Waals surface area contributed by atoms with Gasteiger partial charge in [-0.05, 0) is 68.5 Å². The van der Waals surface area contributed by atoms with Crippen molar-refractivity contribution in [3.63, 3.8) is 0 Å². The lowest BCUT2D eigenvalue weighted by Gasteiger charge is -2.16. The average Bonchev–Trinajstić information content (AvgIpc) is 3.55. The Balaban J connectivity index is 1.25. The highest BCUT2D eigenvalue weighted by atomic mass is 19.2. The van der Waals surface area contributed by atoms with E-state index < -0.39 is 23.6 Å². The molecule has 0 bridgehead atoms. The zero-order valence-corrected chi connectivity index (χ0v) is 23.6. The highest BCUT2D eigenvalue weighted by Gasteiger charge is 2.20. The number of nitrogen functional groups attached to an aromatic ring is 1. The molecule has 2 aromatic carbocycles. The number of aromatic nitrogens is 4. The van der Waals surface area contributed by atoms with Crippen molar-refractivity contribution in [3.05, 3.63) is 94.7 Å². The number of aryl methyl sites for hydroxylation is 1. The molecule has 12 heteroatoms. The van der Waals surface area contributed by atoms with Gasteiger partial charge in [-0.1, -0.05) is 30.3 Å². The van der Waals surface area contributed by atoms with Crippen LogP contribution >= 0.6 is 0 Å². The molecule has 0 saturated carbocycles. The Labute approximate surface area is 247 Å². The first kappa shape index (κ1) is 29.5. The number of nitrogens with zero attached hydrogens (tertiary/aromatic N) is 5. The Morgan fingerprint density at radius 2 is 1.95 bits per heavy atom. The van der Waals surface area contributed by atoms with Crippen LogP contribution in [0.4, 0.5) is 20.4 Å². The van der Waals surface area contributed by atoms with E-state index in [0.717, 1.165) is 60.6 Å². The Hall–Kier alpha value is -5.02. The van der Waals surface area contributed by atoms with Crippen molar-refractivity contribution in [2.75, 3.05) is 24.1 Å². The van der Waals surface area contributed by atoms with Crippen molar-refractivity contribution in [1.82, 2.24) is 30.6 Å². The van der Waals surface area contributed by atoms with Gasteiger partial charge < -0.3 is 21.7 Å². The van der Waals surface area contributed by atoms with Gasteiger partial charge in [0.1, 0.15) is 11.9 Å². The smallest absolute Gasteiger partial charge is 0.274 e. The van der Waals surface area contributed by atoms with E-state index in [4.69, 9.17) is 10.7 Å². The van der Waals surface area contributed by atoms with Crippen molar-refractivity contribution in [2.45, 2.75) is 38.8 Å². The number of hydrogen-bond donors (Lipinski definition) is 4. The SMILES string of the molecule is CC(NC(=O)c1nc(C#N)cnc1NCc1ccc(-c2cnc(N)c(CCC3CCNC3)n2)cc1)c1ccc(F)c(F)c1. The summed E-state index contributed by atoms with van der Waals surface area (Å²) in [5, 5.41) is 18.5. The van der Waals surface area contributed by atoms with Gasteiger partial charge in [0, 0.05) is 12.1 Å². The molecule has 1 aliphatic heterocycles. The third kappa shape index (κ3) is 7.25. The van der Waals surface area contributed by atoms with Gasteiger partial charge in [-0.25, -0.2) is 28.7 Å². The zero-order valence-electron chi connectivity index (χ0n) is 23.6. The lowest BCUT2D eigenvalue weighted by molar-refractivity contribution is 0.0935. The topological polar surface area (TPSA) is 155 Å². The number of anilines is 2. The Morgan fingerprint density at radius 1 is 1.14 bits per heavy atom. The second-order valence-electron chi connectivity index (χ2n) is 10.5.